The van der Waals surface area contributed by atoms with Crippen molar-refractivity contribution >= 4 is 34.7 Å². The molecule has 0 radical (unpaired) electrons. The molecule has 3 aromatic rings. The molecule has 5 nitrogen and oxygen atoms in total. The molecule has 0 atom stereocenters. The molecule has 0 aliphatic carbocycles. The molecule has 0 unspecified atom stereocenters. The van der Waals surface area contributed by atoms with Crippen LogP contribution in [-0.4, -0.2) is 20.9 Å². The van der Waals surface area contributed by atoms with E-state index in [-0.39, 0.29) is 0 Å². The highest BCUT2D eigenvalue weighted by molar-refractivity contribution is 6.37. The summed E-state index contributed by atoms with van der Waals surface area (Å²) >= 11 is 6.37. The first-order valence-corrected chi connectivity index (χ1v) is 6.42. The highest BCUT2D eigenvalue weighted by Gasteiger charge is 2.04. The van der Waals surface area contributed by atoms with Crippen LogP contribution in [0, 0.1) is 6.92 Å². The Bertz CT molecular complexity index is 806. The van der Waals surface area contributed by atoms with Gasteiger partial charge in [-0.05, 0) is 31.2 Å². The number of hydrogen-bond acceptors (Lipinski definition) is 4. The average Bonchev–Trinajstić information content (AvgIpc) is 2.77. The van der Waals surface area contributed by atoms with Crippen molar-refractivity contribution in [1.29, 1.82) is 0 Å². The fourth-order valence-corrected chi connectivity index (χ4v) is 2.23. The maximum Gasteiger partial charge on any atom is 0.221 e. The highest BCUT2D eigenvalue weighted by atomic mass is 35.5. The number of imidazole rings is 1. The second-order valence-electron chi connectivity index (χ2n) is 4.37. The summed E-state index contributed by atoms with van der Waals surface area (Å²) in [5.74, 6) is 0.345. The largest absolute Gasteiger partial charge is 0.368 e. The number of anilines is 1. The van der Waals surface area contributed by atoms with Gasteiger partial charge in [0.15, 0.2) is 0 Å². The fraction of sp³-hybridized carbons (Fsp3) is 0.0714. The van der Waals surface area contributed by atoms with Gasteiger partial charge in [0.1, 0.15) is 0 Å². The zero-order valence-corrected chi connectivity index (χ0v) is 11.5. The molecule has 0 spiro atoms. The number of fused-ring (bicyclic) bond motifs is 1. The van der Waals surface area contributed by atoms with E-state index in [0.717, 1.165) is 22.2 Å². The van der Waals surface area contributed by atoms with Gasteiger partial charge in [0.05, 0.1) is 28.6 Å². The van der Waals surface area contributed by atoms with Crippen LogP contribution < -0.4 is 5.73 Å². The number of nitrogens with zero attached hydrogens (tertiary/aromatic N) is 4. The lowest BCUT2D eigenvalue weighted by molar-refractivity contribution is 0.897. The first kappa shape index (κ1) is 12.6. The van der Waals surface area contributed by atoms with Crippen molar-refractivity contribution in [3.05, 3.63) is 52.9 Å². The summed E-state index contributed by atoms with van der Waals surface area (Å²) in [5, 5.41) is 5.78. The number of rotatable bonds is 2. The van der Waals surface area contributed by atoms with E-state index >= 15 is 0 Å². The summed E-state index contributed by atoms with van der Waals surface area (Å²) in [6.07, 6.45) is 5.15. The molecule has 2 N–H and O–H groups in total. The molecular weight excluding hydrogens is 274 g/mol. The molecule has 3 rings (SSSR count). The first-order valence-electron chi connectivity index (χ1n) is 6.04. The van der Waals surface area contributed by atoms with Crippen molar-refractivity contribution < 1.29 is 0 Å². The van der Waals surface area contributed by atoms with Crippen LogP contribution in [0.2, 0.25) is 5.02 Å². The number of nitrogens with two attached hydrogens (primary N) is 1. The molecule has 20 heavy (non-hydrogen) atoms. The third-order valence-corrected chi connectivity index (χ3v) is 3.33. The Balaban J connectivity index is 2.03. The van der Waals surface area contributed by atoms with E-state index in [0.29, 0.717) is 11.0 Å². The highest BCUT2D eigenvalue weighted by Crippen LogP contribution is 2.24. The molecule has 2 aromatic heterocycles. The predicted molar refractivity (Wildman–Crippen MR) is 81.1 cm³/mol. The number of pyridine rings is 1. The normalized spacial score (nSPS) is 11.5. The van der Waals surface area contributed by atoms with Gasteiger partial charge >= 0.3 is 0 Å². The summed E-state index contributed by atoms with van der Waals surface area (Å²) in [6.45, 7) is 1.86. The second kappa shape index (κ2) is 4.94. The lowest BCUT2D eigenvalue weighted by Gasteiger charge is -2.03. The summed E-state index contributed by atoms with van der Waals surface area (Å²) in [6, 6.07) is 7.57. The molecule has 1 aromatic carbocycles. The van der Waals surface area contributed by atoms with Crippen LogP contribution in [0.3, 0.4) is 0 Å². The number of hydrogen-bond donors (Lipinski definition) is 1. The van der Waals surface area contributed by atoms with E-state index in [4.69, 9.17) is 17.3 Å². The van der Waals surface area contributed by atoms with Crippen molar-refractivity contribution in [3.8, 4) is 0 Å². The Morgan fingerprint density at radius 1 is 1.35 bits per heavy atom. The van der Waals surface area contributed by atoms with Crippen LogP contribution in [0.15, 0.2) is 41.8 Å². The van der Waals surface area contributed by atoms with Gasteiger partial charge in [-0.2, -0.15) is 5.10 Å². The van der Waals surface area contributed by atoms with Crippen LogP contribution in [0.1, 0.15) is 11.3 Å². The van der Waals surface area contributed by atoms with Crippen LogP contribution in [0.25, 0.3) is 10.9 Å². The van der Waals surface area contributed by atoms with Gasteiger partial charge in [0.25, 0.3) is 0 Å². The smallest absolute Gasteiger partial charge is 0.221 e. The van der Waals surface area contributed by atoms with Gasteiger partial charge < -0.3 is 5.73 Å². The standard InChI is InChI=1S/C14H12ClN5/c1-9-8-20(14(16)19-9)18-7-10-4-5-12-11(13(10)15)3-2-6-17-12/h2-8H,1H3,(H2,16,19). The summed E-state index contributed by atoms with van der Waals surface area (Å²) in [5.41, 5.74) is 8.20. The van der Waals surface area contributed by atoms with Crippen LogP contribution >= 0.6 is 11.6 Å². The quantitative estimate of drug-likeness (QED) is 0.736. The third-order valence-electron chi connectivity index (χ3n) is 2.91. The van der Waals surface area contributed by atoms with E-state index in [1.54, 1.807) is 18.6 Å². The molecule has 6 heteroatoms. The molecule has 0 bridgehead atoms. The average molecular weight is 286 g/mol. The zero-order chi connectivity index (χ0) is 14.1. The molecule has 0 amide bonds. The van der Waals surface area contributed by atoms with E-state index in [1.807, 2.05) is 31.2 Å². The number of halogens is 1. The molecule has 0 fully saturated rings. The SMILES string of the molecule is Cc1cn(N=Cc2ccc3ncccc3c2Cl)c(N)n1. The van der Waals surface area contributed by atoms with Gasteiger partial charge in [-0.15, -0.1) is 0 Å². The molecule has 2 heterocycles. The van der Waals surface area contributed by atoms with Crippen molar-refractivity contribution in [3.63, 3.8) is 0 Å². The van der Waals surface area contributed by atoms with Crippen molar-refractivity contribution in [1.82, 2.24) is 14.6 Å². The van der Waals surface area contributed by atoms with E-state index in [9.17, 15) is 0 Å². The molecule has 100 valence electrons. The Kier molecular flexibility index (Phi) is 3.12. The number of aryl methyl sites for hydroxylation is 1. The summed E-state index contributed by atoms with van der Waals surface area (Å²) in [4.78, 5) is 8.33. The predicted octanol–water partition coefficient (Wildman–Crippen LogP) is 2.86. The van der Waals surface area contributed by atoms with Gasteiger partial charge in [-0.1, -0.05) is 11.6 Å². The van der Waals surface area contributed by atoms with Gasteiger partial charge in [-0.25, -0.2) is 9.66 Å². The molecular formula is C14H12ClN5. The number of nitrogen functional groups attached to an aromatic ring is 1. The third kappa shape index (κ3) is 2.23. The number of benzene rings is 1. The Morgan fingerprint density at radius 3 is 2.95 bits per heavy atom. The van der Waals surface area contributed by atoms with E-state index in [1.165, 1.54) is 4.68 Å². The monoisotopic (exact) mass is 285 g/mol. The molecule has 0 saturated carbocycles. The van der Waals surface area contributed by atoms with Gasteiger partial charge in [-0.3, -0.25) is 4.98 Å². The molecule has 0 aliphatic rings. The molecule has 0 saturated heterocycles. The molecule has 0 aliphatic heterocycles. The van der Waals surface area contributed by atoms with Gasteiger partial charge in [0, 0.05) is 17.1 Å². The lowest BCUT2D eigenvalue weighted by atomic mass is 10.1. The minimum atomic E-state index is 0.345. The zero-order valence-electron chi connectivity index (χ0n) is 10.8. The maximum absolute atomic E-state index is 6.37. The topological polar surface area (TPSA) is 69.1 Å². The Labute approximate surface area is 120 Å². The van der Waals surface area contributed by atoms with Crippen LogP contribution in [0.4, 0.5) is 5.95 Å². The van der Waals surface area contributed by atoms with Crippen molar-refractivity contribution in [2.45, 2.75) is 6.92 Å². The van der Waals surface area contributed by atoms with Crippen molar-refractivity contribution in [2.75, 3.05) is 5.73 Å². The fourth-order valence-electron chi connectivity index (χ4n) is 1.95. The van der Waals surface area contributed by atoms with E-state index in [2.05, 4.69) is 15.1 Å². The van der Waals surface area contributed by atoms with E-state index < -0.39 is 0 Å². The lowest BCUT2D eigenvalue weighted by Crippen LogP contribution is -1.97. The summed E-state index contributed by atoms with van der Waals surface area (Å²) in [7, 11) is 0. The minimum absolute atomic E-state index is 0.345. The van der Waals surface area contributed by atoms with Gasteiger partial charge in [0.2, 0.25) is 5.95 Å². The Morgan fingerprint density at radius 2 is 2.20 bits per heavy atom. The second-order valence-corrected chi connectivity index (χ2v) is 4.75. The van der Waals surface area contributed by atoms with Crippen LogP contribution in [-0.2, 0) is 0 Å². The Hall–Kier alpha value is -2.40. The van der Waals surface area contributed by atoms with Crippen LogP contribution in [0.5, 0.6) is 0 Å². The number of aromatic nitrogens is 3. The minimum Gasteiger partial charge on any atom is -0.368 e. The maximum atomic E-state index is 6.37. The van der Waals surface area contributed by atoms with Crippen molar-refractivity contribution in [2.24, 2.45) is 5.10 Å². The summed E-state index contributed by atoms with van der Waals surface area (Å²) < 4.78 is 1.51. The first-order chi connectivity index (χ1) is 9.65.